The molecule has 1 heterocycles. The Labute approximate surface area is 139 Å². The second-order valence-corrected chi connectivity index (χ2v) is 5.63. The minimum Gasteiger partial charge on any atom is -0.457 e. The second-order valence-electron chi connectivity index (χ2n) is 5.63. The van der Waals surface area contributed by atoms with Crippen LogP contribution in [0.1, 0.15) is 11.1 Å². The first-order valence-corrected chi connectivity index (χ1v) is 7.46. The Hall–Kier alpha value is -2.92. The molecule has 1 amide bonds. The lowest BCUT2D eigenvalue weighted by Crippen LogP contribution is -2.42. The Balaban J connectivity index is 1.83. The summed E-state index contributed by atoms with van der Waals surface area (Å²) in [6, 6.07) is 15.9. The number of ether oxygens (including phenoxy) is 1. The summed E-state index contributed by atoms with van der Waals surface area (Å²) in [6.07, 6.45) is 0. The summed E-state index contributed by atoms with van der Waals surface area (Å²) in [5.74, 6) is -1.43. The van der Waals surface area contributed by atoms with Gasteiger partial charge in [0.25, 0.3) is 5.91 Å². The smallest absolute Gasteiger partial charge is 0.337 e. The molecule has 2 aromatic carbocycles. The summed E-state index contributed by atoms with van der Waals surface area (Å²) in [5, 5.41) is 10.9. The van der Waals surface area contributed by atoms with E-state index in [1.165, 1.54) is 4.90 Å². The fourth-order valence-corrected chi connectivity index (χ4v) is 2.79. The van der Waals surface area contributed by atoms with Crippen LogP contribution in [0.5, 0.6) is 0 Å². The number of rotatable bonds is 4. The fourth-order valence-electron chi connectivity index (χ4n) is 2.79. The summed E-state index contributed by atoms with van der Waals surface area (Å²) in [4.78, 5) is 26.1. The quantitative estimate of drug-likeness (QED) is 0.691. The zero-order chi connectivity index (χ0) is 17.3. The van der Waals surface area contributed by atoms with Crippen molar-refractivity contribution in [3.63, 3.8) is 0 Å². The van der Waals surface area contributed by atoms with Gasteiger partial charge in [-0.15, -0.1) is 0 Å². The molecule has 0 radical (unpaired) electrons. The van der Waals surface area contributed by atoms with Crippen LogP contribution in [0.3, 0.4) is 0 Å². The second kappa shape index (κ2) is 5.94. The van der Waals surface area contributed by atoms with Crippen molar-refractivity contribution < 1.29 is 19.4 Å². The Kier molecular flexibility index (Phi) is 3.95. The molecule has 5 heteroatoms. The van der Waals surface area contributed by atoms with E-state index in [4.69, 9.17) is 4.74 Å². The largest absolute Gasteiger partial charge is 0.457 e. The van der Waals surface area contributed by atoms with Crippen LogP contribution in [0, 0.1) is 0 Å². The number of nitrogens with zero attached hydrogens (tertiary/aromatic N) is 1. The molecule has 1 aliphatic heterocycles. The van der Waals surface area contributed by atoms with Crippen LogP contribution in [0.15, 0.2) is 66.7 Å². The number of hydrogen-bond donors (Lipinski definition) is 1. The van der Waals surface area contributed by atoms with Gasteiger partial charge in [-0.1, -0.05) is 55.1 Å². The first-order chi connectivity index (χ1) is 11.5. The highest BCUT2D eigenvalue weighted by Gasteiger charge is 2.52. The lowest BCUT2D eigenvalue weighted by molar-refractivity contribution is -0.147. The van der Waals surface area contributed by atoms with Crippen molar-refractivity contribution in [3.05, 3.63) is 77.9 Å². The van der Waals surface area contributed by atoms with Gasteiger partial charge in [0, 0.05) is 12.6 Å². The molecule has 0 aliphatic carbocycles. The fraction of sp³-hybridized carbons (Fsp3) is 0.158. The van der Waals surface area contributed by atoms with Crippen molar-refractivity contribution in [2.24, 2.45) is 0 Å². The molecule has 0 spiro atoms. The topological polar surface area (TPSA) is 66.8 Å². The molecule has 3 rings (SSSR count). The molecule has 5 nitrogen and oxygen atoms in total. The number of para-hydroxylation sites is 1. The molecule has 122 valence electrons. The highest BCUT2D eigenvalue weighted by Crippen LogP contribution is 2.43. The van der Waals surface area contributed by atoms with Gasteiger partial charge in [-0.3, -0.25) is 4.79 Å². The van der Waals surface area contributed by atoms with Gasteiger partial charge in [-0.2, -0.15) is 0 Å². The molecule has 1 N–H and O–H groups in total. The van der Waals surface area contributed by atoms with E-state index in [9.17, 15) is 14.7 Å². The van der Waals surface area contributed by atoms with Crippen LogP contribution < -0.4 is 4.90 Å². The summed E-state index contributed by atoms with van der Waals surface area (Å²) in [6.45, 7) is 3.67. The molecular formula is C19H17NO4. The van der Waals surface area contributed by atoms with E-state index in [2.05, 4.69) is 6.58 Å². The van der Waals surface area contributed by atoms with Crippen LogP contribution in [-0.4, -0.2) is 24.0 Å². The average Bonchev–Trinajstić information content (AvgIpc) is 2.83. The zero-order valence-corrected chi connectivity index (χ0v) is 13.2. The predicted molar refractivity (Wildman–Crippen MR) is 89.1 cm³/mol. The Morgan fingerprint density at radius 2 is 1.79 bits per heavy atom. The zero-order valence-electron chi connectivity index (χ0n) is 13.2. The molecule has 2 aromatic rings. The van der Waals surface area contributed by atoms with E-state index in [-0.39, 0.29) is 12.2 Å². The van der Waals surface area contributed by atoms with E-state index in [1.807, 2.05) is 30.3 Å². The van der Waals surface area contributed by atoms with Gasteiger partial charge in [-0.05, 0) is 11.6 Å². The first-order valence-electron chi connectivity index (χ1n) is 7.46. The summed E-state index contributed by atoms with van der Waals surface area (Å²) in [5.41, 5.74) is -0.707. The number of carbonyl (C=O) groups is 2. The highest BCUT2D eigenvalue weighted by molar-refractivity contribution is 6.13. The molecule has 1 atom stereocenters. The van der Waals surface area contributed by atoms with Gasteiger partial charge in [0.2, 0.25) is 5.60 Å². The predicted octanol–water partition coefficient (Wildman–Crippen LogP) is 2.15. The van der Waals surface area contributed by atoms with E-state index < -0.39 is 17.5 Å². The van der Waals surface area contributed by atoms with Gasteiger partial charge < -0.3 is 14.7 Å². The molecule has 24 heavy (non-hydrogen) atoms. The number of amides is 1. The van der Waals surface area contributed by atoms with Crippen LogP contribution in [0.25, 0.3) is 0 Å². The highest BCUT2D eigenvalue weighted by atomic mass is 16.5. The van der Waals surface area contributed by atoms with Crippen molar-refractivity contribution in [1.29, 1.82) is 0 Å². The van der Waals surface area contributed by atoms with Crippen molar-refractivity contribution in [2.75, 3.05) is 11.9 Å². The number of likely N-dealkylation sites (N-methyl/N-ethyl adjacent to an activating group) is 1. The van der Waals surface area contributed by atoms with E-state index in [1.54, 1.807) is 31.3 Å². The molecule has 0 aromatic heterocycles. The summed E-state index contributed by atoms with van der Waals surface area (Å²) >= 11 is 0. The molecule has 1 aliphatic rings. The van der Waals surface area contributed by atoms with Crippen LogP contribution >= 0.6 is 0 Å². The minimum absolute atomic E-state index is 0.0421. The maximum absolute atomic E-state index is 12.5. The molecule has 0 saturated carbocycles. The molecule has 0 bridgehead atoms. The number of anilines is 1. The first kappa shape index (κ1) is 16.0. The van der Waals surface area contributed by atoms with Crippen molar-refractivity contribution in [2.45, 2.75) is 12.2 Å². The minimum atomic E-state index is -2.10. The number of carbonyl (C=O) groups excluding carboxylic acids is 2. The van der Waals surface area contributed by atoms with E-state index in [0.29, 0.717) is 11.3 Å². The number of benzene rings is 2. The summed E-state index contributed by atoms with van der Waals surface area (Å²) < 4.78 is 5.20. The normalized spacial score (nSPS) is 19.1. The van der Waals surface area contributed by atoms with Gasteiger partial charge in [0.05, 0.1) is 11.3 Å². The molecule has 0 saturated heterocycles. The lowest BCUT2D eigenvalue weighted by Gasteiger charge is -2.23. The van der Waals surface area contributed by atoms with Crippen LogP contribution in [-0.2, 0) is 26.5 Å². The molecular weight excluding hydrogens is 306 g/mol. The number of aliphatic hydroxyl groups is 1. The number of fused-ring (bicyclic) bond motifs is 1. The lowest BCUT2D eigenvalue weighted by atomic mass is 9.88. The van der Waals surface area contributed by atoms with Gasteiger partial charge in [0.15, 0.2) is 0 Å². The van der Waals surface area contributed by atoms with Crippen molar-refractivity contribution in [1.82, 2.24) is 0 Å². The van der Waals surface area contributed by atoms with E-state index in [0.717, 1.165) is 5.56 Å². The third kappa shape index (κ3) is 2.39. The van der Waals surface area contributed by atoms with Gasteiger partial charge >= 0.3 is 5.97 Å². The third-order valence-electron chi connectivity index (χ3n) is 4.17. The summed E-state index contributed by atoms with van der Waals surface area (Å²) in [7, 11) is 1.54. The SMILES string of the molecule is C=C(C(=O)OCc1ccccc1)[C@@]1(O)C(=O)N(C)c2ccccc21. The van der Waals surface area contributed by atoms with Gasteiger partial charge in [-0.25, -0.2) is 4.79 Å². The molecule has 0 fully saturated rings. The number of esters is 1. The van der Waals surface area contributed by atoms with Crippen LogP contribution in [0.2, 0.25) is 0 Å². The standard InChI is InChI=1S/C19H17NO4/c1-13(17(21)24-12-14-8-4-3-5-9-14)19(23)15-10-6-7-11-16(15)20(2)18(19)22/h3-11,23H,1,12H2,2H3/t19-/m0/s1. The Bertz CT molecular complexity index is 815. The van der Waals surface area contributed by atoms with Crippen molar-refractivity contribution in [3.8, 4) is 0 Å². The van der Waals surface area contributed by atoms with Gasteiger partial charge in [0.1, 0.15) is 6.61 Å². The Morgan fingerprint density at radius 1 is 1.17 bits per heavy atom. The van der Waals surface area contributed by atoms with Crippen molar-refractivity contribution >= 4 is 17.6 Å². The maximum atomic E-state index is 12.5. The molecule has 0 unspecified atom stereocenters. The Morgan fingerprint density at radius 3 is 2.50 bits per heavy atom. The van der Waals surface area contributed by atoms with Crippen LogP contribution in [0.4, 0.5) is 5.69 Å². The maximum Gasteiger partial charge on any atom is 0.337 e. The third-order valence-corrected chi connectivity index (χ3v) is 4.17. The average molecular weight is 323 g/mol. The van der Waals surface area contributed by atoms with E-state index >= 15 is 0 Å². The number of hydrogen-bond acceptors (Lipinski definition) is 4. The monoisotopic (exact) mass is 323 g/mol.